The predicted octanol–water partition coefficient (Wildman–Crippen LogP) is 3.30. The number of anilines is 1. The monoisotopic (exact) mass is 392 g/mol. The maximum Gasteiger partial charge on any atom is 0.224 e. The third kappa shape index (κ3) is 5.45. The molecule has 1 N–H and O–H groups in total. The van der Waals surface area contributed by atoms with Gasteiger partial charge in [-0.2, -0.15) is 0 Å². The molecule has 126 valence electrons. The molecule has 4 nitrogen and oxygen atoms in total. The van der Waals surface area contributed by atoms with Crippen LogP contribution in [0.1, 0.15) is 12.5 Å². The van der Waals surface area contributed by atoms with Gasteiger partial charge in [0.2, 0.25) is 11.8 Å². The van der Waals surface area contributed by atoms with Crippen LogP contribution < -0.4 is 10.2 Å². The van der Waals surface area contributed by atoms with Crippen molar-refractivity contribution in [2.24, 2.45) is 0 Å². The third-order valence-corrected chi connectivity index (χ3v) is 3.98. The summed E-state index contributed by atoms with van der Waals surface area (Å²) in [6.45, 7) is 2.21. The molecule has 0 saturated carbocycles. The molecule has 2 aromatic carbocycles. The number of carbonyl (C=O) groups excluding carboxylic acids is 2. The Balaban J connectivity index is 1.86. The number of benzene rings is 2. The lowest BCUT2D eigenvalue weighted by Crippen LogP contribution is -2.38. The van der Waals surface area contributed by atoms with Gasteiger partial charge in [-0.1, -0.05) is 28.1 Å². The van der Waals surface area contributed by atoms with Crippen molar-refractivity contribution in [3.05, 3.63) is 64.4 Å². The Bertz CT molecular complexity index is 702. The van der Waals surface area contributed by atoms with Gasteiger partial charge in [0.15, 0.2) is 0 Å². The fraction of sp³-hybridized carbons (Fsp3) is 0.222. The maximum atomic E-state index is 12.8. The summed E-state index contributed by atoms with van der Waals surface area (Å²) in [4.78, 5) is 25.3. The van der Waals surface area contributed by atoms with Gasteiger partial charge in [0.1, 0.15) is 5.82 Å². The van der Waals surface area contributed by atoms with Gasteiger partial charge in [-0.15, -0.1) is 0 Å². The Morgan fingerprint density at radius 1 is 1.08 bits per heavy atom. The van der Waals surface area contributed by atoms with Crippen LogP contribution >= 0.6 is 15.9 Å². The van der Waals surface area contributed by atoms with Gasteiger partial charge in [-0.3, -0.25) is 9.59 Å². The summed E-state index contributed by atoms with van der Waals surface area (Å²) < 4.78 is 13.8. The molecule has 2 rings (SSSR count). The standard InChI is InChI=1S/C18H18BrFN2O2/c1-13(23)22(17-8-4-15(19)5-9-17)11-10-21-18(24)12-14-2-6-16(20)7-3-14/h2-9H,10-12H2,1H3,(H,21,24). The quantitative estimate of drug-likeness (QED) is 0.819. The summed E-state index contributed by atoms with van der Waals surface area (Å²) in [7, 11) is 0. The van der Waals surface area contributed by atoms with E-state index in [1.54, 1.807) is 17.0 Å². The average molecular weight is 393 g/mol. The first-order valence-electron chi connectivity index (χ1n) is 7.50. The minimum absolute atomic E-state index is 0.0925. The fourth-order valence-corrected chi connectivity index (χ4v) is 2.51. The number of rotatable bonds is 6. The van der Waals surface area contributed by atoms with E-state index in [-0.39, 0.29) is 24.1 Å². The number of hydrogen-bond acceptors (Lipinski definition) is 2. The van der Waals surface area contributed by atoms with Gasteiger partial charge < -0.3 is 10.2 Å². The van der Waals surface area contributed by atoms with E-state index in [4.69, 9.17) is 0 Å². The molecular weight excluding hydrogens is 375 g/mol. The smallest absolute Gasteiger partial charge is 0.224 e. The van der Waals surface area contributed by atoms with Crippen LogP contribution in [0.3, 0.4) is 0 Å². The first-order chi connectivity index (χ1) is 11.5. The van der Waals surface area contributed by atoms with Crippen LogP contribution in [0.5, 0.6) is 0 Å². The Morgan fingerprint density at radius 3 is 2.29 bits per heavy atom. The van der Waals surface area contributed by atoms with Gasteiger partial charge >= 0.3 is 0 Å². The second-order valence-corrected chi connectivity index (χ2v) is 6.22. The Morgan fingerprint density at radius 2 is 1.71 bits per heavy atom. The molecule has 0 aliphatic rings. The van der Waals surface area contributed by atoms with Crippen molar-refractivity contribution >= 4 is 33.4 Å². The molecule has 0 heterocycles. The fourth-order valence-electron chi connectivity index (χ4n) is 2.25. The van der Waals surface area contributed by atoms with Crippen LogP contribution in [0.25, 0.3) is 0 Å². The van der Waals surface area contributed by atoms with Crippen LogP contribution in [0.2, 0.25) is 0 Å². The summed E-state index contributed by atoms with van der Waals surface area (Å²) in [5.41, 5.74) is 1.52. The molecule has 0 atom stereocenters. The summed E-state index contributed by atoms with van der Waals surface area (Å²) in [5, 5.41) is 2.78. The van der Waals surface area contributed by atoms with E-state index in [0.717, 1.165) is 15.7 Å². The topological polar surface area (TPSA) is 49.4 Å². The van der Waals surface area contributed by atoms with Crippen molar-refractivity contribution in [1.82, 2.24) is 5.32 Å². The largest absolute Gasteiger partial charge is 0.354 e. The molecule has 2 amide bonds. The minimum Gasteiger partial charge on any atom is -0.354 e. The zero-order valence-electron chi connectivity index (χ0n) is 13.3. The summed E-state index contributed by atoms with van der Waals surface area (Å²) in [6.07, 6.45) is 0.179. The SMILES string of the molecule is CC(=O)N(CCNC(=O)Cc1ccc(F)cc1)c1ccc(Br)cc1. The molecule has 2 aromatic rings. The lowest BCUT2D eigenvalue weighted by atomic mass is 10.1. The van der Waals surface area contributed by atoms with E-state index in [1.807, 2.05) is 24.3 Å². The first kappa shape index (κ1) is 18.1. The third-order valence-electron chi connectivity index (χ3n) is 3.45. The van der Waals surface area contributed by atoms with Crippen LogP contribution in [-0.2, 0) is 16.0 Å². The van der Waals surface area contributed by atoms with Crippen molar-refractivity contribution in [3.8, 4) is 0 Å². The van der Waals surface area contributed by atoms with E-state index in [9.17, 15) is 14.0 Å². The van der Waals surface area contributed by atoms with Gasteiger partial charge in [0.05, 0.1) is 6.42 Å². The molecule has 0 aliphatic heterocycles. The molecule has 0 unspecified atom stereocenters. The zero-order valence-corrected chi connectivity index (χ0v) is 14.8. The van der Waals surface area contributed by atoms with Crippen LogP contribution in [0, 0.1) is 5.82 Å². The van der Waals surface area contributed by atoms with Crippen LogP contribution in [-0.4, -0.2) is 24.9 Å². The highest BCUT2D eigenvalue weighted by Gasteiger charge is 2.12. The van der Waals surface area contributed by atoms with Crippen molar-refractivity contribution < 1.29 is 14.0 Å². The van der Waals surface area contributed by atoms with Gasteiger partial charge in [-0.25, -0.2) is 4.39 Å². The van der Waals surface area contributed by atoms with Crippen molar-refractivity contribution in [1.29, 1.82) is 0 Å². The molecule has 0 aliphatic carbocycles. The van der Waals surface area contributed by atoms with Gasteiger partial charge in [-0.05, 0) is 42.0 Å². The van der Waals surface area contributed by atoms with E-state index in [0.29, 0.717) is 13.1 Å². The van der Waals surface area contributed by atoms with Crippen molar-refractivity contribution in [2.75, 3.05) is 18.0 Å². The second kappa shape index (κ2) is 8.59. The van der Waals surface area contributed by atoms with Gasteiger partial charge in [0, 0.05) is 30.2 Å². The molecule has 0 fully saturated rings. The maximum absolute atomic E-state index is 12.8. The molecule has 0 spiro atoms. The summed E-state index contributed by atoms with van der Waals surface area (Å²) >= 11 is 3.36. The van der Waals surface area contributed by atoms with Crippen LogP contribution in [0.4, 0.5) is 10.1 Å². The number of carbonyl (C=O) groups is 2. The Kier molecular flexibility index (Phi) is 6.49. The van der Waals surface area contributed by atoms with Crippen molar-refractivity contribution in [3.63, 3.8) is 0 Å². The summed E-state index contributed by atoms with van der Waals surface area (Å²) in [6, 6.07) is 13.2. The number of halogens is 2. The predicted molar refractivity (Wildman–Crippen MR) is 95.3 cm³/mol. The lowest BCUT2D eigenvalue weighted by molar-refractivity contribution is -0.121. The number of nitrogens with one attached hydrogen (secondary N) is 1. The Hall–Kier alpha value is -2.21. The molecule has 6 heteroatoms. The Labute approximate surface area is 148 Å². The summed E-state index contributed by atoms with van der Waals surface area (Å²) in [5.74, 6) is -0.586. The minimum atomic E-state index is -0.328. The van der Waals surface area contributed by atoms with E-state index in [1.165, 1.54) is 19.1 Å². The van der Waals surface area contributed by atoms with Crippen LogP contribution in [0.15, 0.2) is 53.0 Å². The molecule has 0 aromatic heterocycles. The molecular formula is C18H18BrFN2O2. The molecule has 24 heavy (non-hydrogen) atoms. The number of nitrogens with zero attached hydrogens (tertiary/aromatic N) is 1. The zero-order chi connectivity index (χ0) is 17.5. The number of amides is 2. The first-order valence-corrected chi connectivity index (χ1v) is 8.30. The normalized spacial score (nSPS) is 10.3. The van der Waals surface area contributed by atoms with E-state index in [2.05, 4.69) is 21.2 Å². The highest BCUT2D eigenvalue weighted by Crippen LogP contribution is 2.18. The van der Waals surface area contributed by atoms with E-state index < -0.39 is 0 Å². The van der Waals surface area contributed by atoms with Gasteiger partial charge in [0.25, 0.3) is 0 Å². The highest BCUT2D eigenvalue weighted by molar-refractivity contribution is 9.10. The highest BCUT2D eigenvalue weighted by atomic mass is 79.9. The molecule has 0 bridgehead atoms. The van der Waals surface area contributed by atoms with Crippen molar-refractivity contribution in [2.45, 2.75) is 13.3 Å². The molecule has 0 radical (unpaired) electrons. The number of hydrogen-bond donors (Lipinski definition) is 1. The average Bonchev–Trinajstić information content (AvgIpc) is 2.54. The van der Waals surface area contributed by atoms with E-state index >= 15 is 0 Å². The second-order valence-electron chi connectivity index (χ2n) is 5.30. The lowest BCUT2D eigenvalue weighted by Gasteiger charge is -2.21. The molecule has 0 saturated heterocycles.